The number of allylic oxidation sites excluding steroid dienone is 2. The number of aliphatic hydroxyl groups is 3. The zero-order chi connectivity index (χ0) is 18.9. The van der Waals surface area contributed by atoms with Crippen LogP contribution in [-0.2, 0) is 9.59 Å². The van der Waals surface area contributed by atoms with Crippen molar-refractivity contribution < 1.29 is 24.9 Å². The summed E-state index contributed by atoms with van der Waals surface area (Å²) in [5.41, 5.74) is -0.774. The van der Waals surface area contributed by atoms with E-state index < -0.39 is 34.9 Å². The van der Waals surface area contributed by atoms with Crippen molar-refractivity contribution in [3.8, 4) is 0 Å². The highest BCUT2D eigenvalue weighted by Crippen LogP contribution is 2.61. The van der Waals surface area contributed by atoms with Crippen LogP contribution in [-0.4, -0.2) is 39.1 Å². The zero-order valence-electron chi connectivity index (χ0n) is 15.6. The molecule has 0 aromatic carbocycles. The molecule has 3 rings (SSSR count). The molecule has 0 aliphatic heterocycles. The minimum atomic E-state index is -1.40. The summed E-state index contributed by atoms with van der Waals surface area (Å²) in [6, 6.07) is 0. The summed E-state index contributed by atoms with van der Waals surface area (Å²) in [5.74, 6) is -2.26. The summed E-state index contributed by atoms with van der Waals surface area (Å²) in [6.45, 7) is 9.40. The van der Waals surface area contributed by atoms with Gasteiger partial charge in [-0.2, -0.15) is 0 Å². The number of hydrogen-bond acceptors (Lipinski definition) is 5. The van der Waals surface area contributed by atoms with Crippen molar-refractivity contribution in [2.45, 2.75) is 66.1 Å². The lowest BCUT2D eigenvalue weighted by Gasteiger charge is -2.57. The Kier molecular flexibility index (Phi) is 4.05. The molecule has 0 bridgehead atoms. The molecule has 4 atom stereocenters. The molecule has 0 unspecified atom stereocenters. The van der Waals surface area contributed by atoms with Crippen molar-refractivity contribution in [1.29, 1.82) is 0 Å². The summed E-state index contributed by atoms with van der Waals surface area (Å²) >= 11 is 0. The number of carbonyl (C=O) groups excluding carboxylic acids is 2. The predicted octanol–water partition coefficient (Wildman–Crippen LogP) is 2.47. The molecule has 1 saturated carbocycles. The fourth-order valence-corrected chi connectivity index (χ4v) is 5.67. The van der Waals surface area contributed by atoms with E-state index >= 15 is 0 Å². The van der Waals surface area contributed by atoms with Crippen molar-refractivity contribution >= 4 is 11.6 Å². The van der Waals surface area contributed by atoms with Crippen LogP contribution < -0.4 is 0 Å². The highest BCUT2D eigenvalue weighted by molar-refractivity contribution is 6.25. The molecule has 25 heavy (non-hydrogen) atoms. The summed E-state index contributed by atoms with van der Waals surface area (Å²) in [7, 11) is 0. The van der Waals surface area contributed by atoms with E-state index in [2.05, 4.69) is 0 Å². The van der Waals surface area contributed by atoms with Crippen molar-refractivity contribution in [3.63, 3.8) is 0 Å². The highest BCUT2D eigenvalue weighted by atomic mass is 16.3. The van der Waals surface area contributed by atoms with Gasteiger partial charge in [0.25, 0.3) is 0 Å². The first-order valence-corrected chi connectivity index (χ1v) is 9.08. The molecular formula is C20H28O5. The normalized spacial score (nSPS) is 38.2. The second-order valence-electron chi connectivity index (χ2n) is 9.04. The molecule has 0 spiro atoms. The van der Waals surface area contributed by atoms with E-state index in [1.807, 2.05) is 20.8 Å². The maximum absolute atomic E-state index is 13.0. The molecule has 5 nitrogen and oxygen atoms in total. The van der Waals surface area contributed by atoms with Crippen molar-refractivity contribution in [2.24, 2.45) is 22.7 Å². The van der Waals surface area contributed by atoms with Crippen LogP contribution >= 0.6 is 0 Å². The standard InChI is InChI=1S/C20H28O5/c1-9(2)10-13(21)11-12(16(24)14(10)22)20(5)8-6-7-19(3,4)18(20)17(25)15(11)23/h9,15,17-18,22-23,25H,6-8H2,1-5H3/t15-,17+,18-,20+/m0/s1. The molecule has 0 heterocycles. The van der Waals surface area contributed by atoms with Gasteiger partial charge >= 0.3 is 0 Å². The van der Waals surface area contributed by atoms with Gasteiger partial charge in [-0.1, -0.05) is 41.0 Å². The smallest absolute Gasteiger partial charge is 0.224 e. The quantitative estimate of drug-likeness (QED) is 0.633. The Balaban J connectivity index is 2.27. The molecule has 5 heteroatoms. The molecule has 3 aliphatic rings. The Morgan fingerprint density at radius 1 is 1.04 bits per heavy atom. The van der Waals surface area contributed by atoms with Gasteiger partial charge in [0.1, 0.15) is 6.10 Å². The van der Waals surface area contributed by atoms with Gasteiger partial charge in [-0.3, -0.25) is 9.59 Å². The summed E-state index contributed by atoms with van der Waals surface area (Å²) < 4.78 is 0. The summed E-state index contributed by atoms with van der Waals surface area (Å²) in [5, 5.41) is 32.1. The second-order valence-corrected chi connectivity index (χ2v) is 9.04. The Morgan fingerprint density at radius 2 is 1.64 bits per heavy atom. The number of Topliss-reactive ketones (excluding diaryl/α,β-unsaturated/α-hetero) is 2. The minimum Gasteiger partial charge on any atom is -0.504 e. The van der Waals surface area contributed by atoms with Crippen molar-refractivity contribution in [2.75, 3.05) is 0 Å². The largest absolute Gasteiger partial charge is 0.504 e. The zero-order valence-corrected chi connectivity index (χ0v) is 15.6. The first-order valence-electron chi connectivity index (χ1n) is 9.08. The van der Waals surface area contributed by atoms with Crippen LogP contribution in [0.1, 0.15) is 53.9 Å². The fourth-order valence-electron chi connectivity index (χ4n) is 5.67. The average molecular weight is 348 g/mol. The molecule has 3 aliphatic carbocycles. The maximum Gasteiger partial charge on any atom is 0.224 e. The van der Waals surface area contributed by atoms with Gasteiger partial charge in [-0.15, -0.1) is 0 Å². The third-order valence-corrected chi connectivity index (χ3v) is 6.61. The minimum absolute atomic E-state index is 0.00421. The first-order chi connectivity index (χ1) is 11.4. The SMILES string of the molecule is CC(C)C1=C(O)C(=O)C2=C(C1=O)[C@H](O)[C@@H](O)[C@H]1C(C)(C)CCC[C@]21C. The molecule has 1 fully saturated rings. The monoisotopic (exact) mass is 348 g/mol. The van der Waals surface area contributed by atoms with Gasteiger partial charge < -0.3 is 15.3 Å². The first kappa shape index (κ1) is 18.3. The number of rotatable bonds is 1. The third kappa shape index (κ3) is 2.28. The van der Waals surface area contributed by atoms with Gasteiger partial charge in [0.2, 0.25) is 5.78 Å². The van der Waals surface area contributed by atoms with Crippen molar-refractivity contribution in [3.05, 3.63) is 22.5 Å². The molecular weight excluding hydrogens is 320 g/mol. The van der Waals surface area contributed by atoms with Crippen LogP contribution in [0, 0.1) is 22.7 Å². The highest BCUT2D eigenvalue weighted by Gasteiger charge is 2.61. The third-order valence-electron chi connectivity index (χ3n) is 6.61. The molecule has 0 aromatic rings. The Labute approximate surface area is 148 Å². The lowest BCUT2D eigenvalue weighted by atomic mass is 9.47. The van der Waals surface area contributed by atoms with Crippen LogP contribution in [0.5, 0.6) is 0 Å². The molecule has 0 aromatic heterocycles. The van der Waals surface area contributed by atoms with Gasteiger partial charge in [-0.05, 0) is 24.2 Å². The lowest BCUT2D eigenvalue weighted by Crippen LogP contribution is -2.59. The number of carbonyl (C=O) groups is 2. The topological polar surface area (TPSA) is 94.8 Å². The van der Waals surface area contributed by atoms with Crippen LogP contribution in [0.25, 0.3) is 0 Å². The van der Waals surface area contributed by atoms with Crippen molar-refractivity contribution in [1.82, 2.24) is 0 Å². The van der Waals surface area contributed by atoms with E-state index in [-0.39, 0.29) is 34.0 Å². The number of ketones is 2. The van der Waals surface area contributed by atoms with E-state index in [0.717, 1.165) is 12.8 Å². The van der Waals surface area contributed by atoms with Crippen LogP contribution in [0.4, 0.5) is 0 Å². The predicted molar refractivity (Wildman–Crippen MR) is 92.8 cm³/mol. The van der Waals surface area contributed by atoms with Gasteiger partial charge in [0.15, 0.2) is 11.5 Å². The Morgan fingerprint density at radius 3 is 2.20 bits per heavy atom. The second kappa shape index (κ2) is 5.52. The number of hydrogen-bond donors (Lipinski definition) is 3. The fraction of sp³-hybridized carbons (Fsp3) is 0.700. The van der Waals surface area contributed by atoms with E-state index in [0.29, 0.717) is 6.42 Å². The average Bonchev–Trinajstić information content (AvgIpc) is 2.47. The lowest BCUT2D eigenvalue weighted by molar-refractivity contribution is -0.138. The van der Waals surface area contributed by atoms with Crippen LogP contribution in [0.15, 0.2) is 22.5 Å². The van der Waals surface area contributed by atoms with E-state index in [9.17, 15) is 24.9 Å². The molecule has 0 saturated heterocycles. The van der Waals surface area contributed by atoms with Gasteiger partial charge in [-0.25, -0.2) is 0 Å². The molecule has 3 N–H and O–H groups in total. The van der Waals surface area contributed by atoms with Crippen LogP contribution in [0.3, 0.4) is 0 Å². The molecule has 0 radical (unpaired) electrons. The van der Waals surface area contributed by atoms with Gasteiger partial charge in [0, 0.05) is 28.1 Å². The van der Waals surface area contributed by atoms with Crippen LogP contribution in [0.2, 0.25) is 0 Å². The number of fused-ring (bicyclic) bond motifs is 2. The molecule has 138 valence electrons. The van der Waals surface area contributed by atoms with E-state index in [1.54, 1.807) is 13.8 Å². The Hall–Kier alpha value is -1.46. The van der Waals surface area contributed by atoms with E-state index in [4.69, 9.17) is 0 Å². The summed E-state index contributed by atoms with van der Waals surface area (Å²) in [4.78, 5) is 26.0. The maximum atomic E-state index is 13.0. The molecule has 0 amide bonds. The number of aliphatic hydroxyl groups excluding tert-OH is 3. The van der Waals surface area contributed by atoms with E-state index in [1.165, 1.54) is 0 Å². The van der Waals surface area contributed by atoms with Gasteiger partial charge in [0.05, 0.1) is 6.10 Å². The summed E-state index contributed by atoms with van der Waals surface area (Å²) in [6.07, 6.45) is -0.121. The Bertz CT molecular complexity index is 712.